The Morgan fingerprint density at radius 1 is 1.19 bits per heavy atom. The fraction of sp³-hybridized carbons (Fsp3) is 0.143. The van der Waals surface area contributed by atoms with Crippen LogP contribution in [-0.2, 0) is 6.54 Å². The highest BCUT2D eigenvalue weighted by Crippen LogP contribution is 2.14. The van der Waals surface area contributed by atoms with E-state index in [1.54, 1.807) is 6.26 Å². The largest absolute Gasteiger partial charge is 0.467 e. The summed E-state index contributed by atoms with van der Waals surface area (Å²) in [5.41, 5.74) is 1.25. The van der Waals surface area contributed by atoms with Gasteiger partial charge in [-0.2, -0.15) is 0 Å². The fourth-order valence-electron chi connectivity index (χ4n) is 1.59. The predicted octanol–water partition coefficient (Wildman–Crippen LogP) is 3.30. The Hall–Kier alpha value is -1.80. The van der Waals surface area contributed by atoms with Crippen LogP contribution in [-0.4, -0.2) is 0 Å². The highest BCUT2D eigenvalue weighted by Gasteiger charge is 2.08. The van der Waals surface area contributed by atoms with Gasteiger partial charge in [0, 0.05) is 6.54 Å². The summed E-state index contributed by atoms with van der Waals surface area (Å²) in [6, 6.07) is 14.2. The number of benzene rings is 1. The fourth-order valence-corrected chi connectivity index (χ4v) is 1.59. The lowest BCUT2D eigenvalue weighted by atomic mass is 10.2. The van der Waals surface area contributed by atoms with Crippen molar-refractivity contribution < 1.29 is 4.42 Å². The third-order valence-electron chi connectivity index (χ3n) is 2.45. The zero-order chi connectivity index (χ0) is 11.2. The van der Waals surface area contributed by atoms with Crippen molar-refractivity contribution in [2.24, 2.45) is 0 Å². The van der Waals surface area contributed by atoms with Crippen molar-refractivity contribution in [3.8, 4) is 0 Å². The molecule has 0 aliphatic carbocycles. The van der Waals surface area contributed by atoms with Crippen molar-refractivity contribution in [3.63, 3.8) is 0 Å². The van der Waals surface area contributed by atoms with Crippen LogP contribution in [0.2, 0.25) is 0 Å². The molecule has 1 aromatic carbocycles. The van der Waals surface area contributed by atoms with E-state index in [1.165, 1.54) is 5.56 Å². The lowest BCUT2D eigenvalue weighted by Crippen LogP contribution is -2.18. The van der Waals surface area contributed by atoms with Gasteiger partial charge in [-0.3, -0.25) is 0 Å². The van der Waals surface area contributed by atoms with Crippen molar-refractivity contribution in [1.29, 1.82) is 0 Å². The molecular formula is C14H15NO. The second kappa shape index (κ2) is 5.33. The van der Waals surface area contributed by atoms with Crippen molar-refractivity contribution in [1.82, 2.24) is 5.32 Å². The first-order chi connectivity index (χ1) is 7.90. The van der Waals surface area contributed by atoms with Crippen molar-refractivity contribution >= 4 is 0 Å². The van der Waals surface area contributed by atoms with Crippen molar-refractivity contribution in [2.45, 2.75) is 12.6 Å². The van der Waals surface area contributed by atoms with E-state index in [4.69, 9.17) is 4.42 Å². The van der Waals surface area contributed by atoms with Crippen LogP contribution in [0.4, 0.5) is 0 Å². The van der Waals surface area contributed by atoms with Crippen LogP contribution in [0.15, 0.2) is 65.8 Å². The van der Waals surface area contributed by atoms with Crippen LogP contribution in [0, 0.1) is 0 Å². The van der Waals surface area contributed by atoms with E-state index >= 15 is 0 Å². The minimum absolute atomic E-state index is 0.0650. The number of rotatable bonds is 5. The highest BCUT2D eigenvalue weighted by molar-refractivity contribution is 5.16. The first-order valence-corrected chi connectivity index (χ1v) is 5.33. The van der Waals surface area contributed by atoms with Gasteiger partial charge in [-0.15, -0.1) is 6.58 Å². The molecule has 0 saturated heterocycles. The molecule has 2 rings (SSSR count). The van der Waals surface area contributed by atoms with Crippen molar-refractivity contribution in [3.05, 3.63) is 72.7 Å². The van der Waals surface area contributed by atoms with Gasteiger partial charge in [-0.25, -0.2) is 0 Å². The van der Waals surface area contributed by atoms with Gasteiger partial charge < -0.3 is 9.73 Å². The second-order valence-corrected chi connectivity index (χ2v) is 3.60. The molecule has 0 spiro atoms. The van der Waals surface area contributed by atoms with E-state index in [9.17, 15) is 0 Å². The molecular weight excluding hydrogens is 198 g/mol. The Balaban J connectivity index is 1.96. The second-order valence-electron chi connectivity index (χ2n) is 3.60. The molecule has 82 valence electrons. The van der Waals surface area contributed by atoms with E-state index in [2.05, 4.69) is 24.0 Å². The summed E-state index contributed by atoms with van der Waals surface area (Å²) < 4.78 is 5.34. The van der Waals surface area contributed by atoms with Gasteiger partial charge in [-0.05, 0) is 17.7 Å². The first-order valence-electron chi connectivity index (χ1n) is 5.33. The Morgan fingerprint density at radius 3 is 2.62 bits per heavy atom. The third-order valence-corrected chi connectivity index (χ3v) is 2.45. The number of hydrogen-bond donors (Lipinski definition) is 1. The molecule has 0 aliphatic rings. The molecule has 1 N–H and O–H groups in total. The van der Waals surface area contributed by atoms with E-state index < -0.39 is 0 Å². The molecule has 0 radical (unpaired) electrons. The van der Waals surface area contributed by atoms with Gasteiger partial charge in [-0.1, -0.05) is 36.4 Å². The van der Waals surface area contributed by atoms with Gasteiger partial charge >= 0.3 is 0 Å². The zero-order valence-corrected chi connectivity index (χ0v) is 9.10. The normalized spacial score (nSPS) is 12.2. The van der Waals surface area contributed by atoms with Gasteiger partial charge in [0.2, 0.25) is 0 Å². The molecule has 0 bridgehead atoms. The van der Waals surface area contributed by atoms with E-state index in [0.29, 0.717) is 0 Å². The molecule has 2 heteroatoms. The maximum Gasteiger partial charge on any atom is 0.124 e. The molecule has 2 nitrogen and oxygen atoms in total. The third kappa shape index (κ3) is 2.61. The topological polar surface area (TPSA) is 25.2 Å². The number of nitrogens with one attached hydrogen (secondary N) is 1. The number of hydrogen-bond acceptors (Lipinski definition) is 2. The monoisotopic (exact) mass is 213 g/mol. The molecule has 0 saturated carbocycles. The molecule has 0 fully saturated rings. The van der Waals surface area contributed by atoms with Gasteiger partial charge in [0.1, 0.15) is 5.76 Å². The summed E-state index contributed by atoms with van der Waals surface area (Å²) >= 11 is 0. The Bertz CT molecular complexity index is 419. The maximum atomic E-state index is 5.34. The van der Waals surface area contributed by atoms with Crippen LogP contribution in [0.1, 0.15) is 17.4 Å². The molecule has 2 aromatic rings. The predicted molar refractivity (Wildman–Crippen MR) is 64.9 cm³/mol. The molecule has 1 aromatic heterocycles. The average Bonchev–Trinajstić information content (AvgIpc) is 2.85. The smallest absolute Gasteiger partial charge is 0.124 e. The SMILES string of the molecule is C=C[C@@H](NCc1ccccc1)c1ccco1. The quantitative estimate of drug-likeness (QED) is 0.771. The van der Waals surface area contributed by atoms with Crippen LogP contribution < -0.4 is 5.32 Å². The van der Waals surface area contributed by atoms with Crippen molar-refractivity contribution in [2.75, 3.05) is 0 Å². The van der Waals surface area contributed by atoms with Crippen LogP contribution in [0.3, 0.4) is 0 Å². The van der Waals surface area contributed by atoms with Gasteiger partial charge in [0.15, 0.2) is 0 Å². The lowest BCUT2D eigenvalue weighted by molar-refractivity contribution is 0.453. The summed E-state index contributed by atoms with van der Waals surface area (Å²) in [5, 5.41) is 3.38. The van der Waals surface area contributed by atoms with E-state index in [1.807, 2.05) is 36.4 Å². The van der Waals surface area contributed by atoms with Crippen LogP contribution in [0.25, 0.3) is 0 Å². The number of furan rings is 1. The first kappa shape index (κ1) is 10.7. The average molecular weight is 213 g/mol. The standard InChI is InChI=1S/C14H15NO/c1-2-13(14-9-6-10-16-14)15-11-12-7-4-3-5-8-12/h2-10,13,15H,1,11H2/t13-/m1/s1. The van der Waals surface area contributed by atoms with Gasteiger partial charge in [0.05, 0.1) is 12.3 Å². The summed E-state index contributed by atoms with van der Waals surface area (Å²) in [4.78, 5) is 0. The molecule has 0 aliphatic heterocycles. The minimum Gasteiger partial charge on any atom is -0.467 e. The molecule has 1 atom stereocenters. The maximum absolute atomic E-state index is 5.34. The van der Waals surface area contributed by atoms with Crippen LogP contribution in [0.5, 0.6) is 0 Å². The van der Waals surface area contributed by atoms with Gasteiger partial charge in [0.25, 0.3) is 0 Å². The van der Waals surface area contributed by atoms with Crippen LogP contribution >= 0.6 is 0 Å². The minimum atomic E-state index is 0.0650. The molecule has 16 heavy (non-hydrogen) atoms. The summed E-state index contributed by atoms with van der Waals surface area (Å²) in [6.07, 6.45) is 3.53. The zero-order valence-electron chi connectivity index (χ0n) is 9.10. The summed E-state index contributed by atoms with van der Waals surface area (Å²) in [6.45, 7) is 4.61. The Kier molecular flexibility index (Phi) is 3.57. The van der Waals surface area contributed by atoms with E-state index in [0.717, 1.165) is 12.3 Å². The van der Waals surface area contributed by atoms with E-state index in [-0.39, 0.29) is 6.04 Å². The molecule has 0 unspecified atom stereocenters. The molecule has 0 amide bonds. The Morgan fingerprint density at radius 2 is 2.00 bits per heavy atom. The molecule has 1 heterocycles. The highest BCUT2D eigenvalue weighted by atomic mass is 16.3. The summed E-state index contributed by atoms with van der Waals surface area (Å²) in [5.74, 6) is 0.894. The lowest BCUT2D eigenvalue weighted by Gasteiger charge is -2.12. The Labute approximate surface area is 95.6 Å². The summed E-state index contributed by atoms with van der Waals surface area (Å²) in [7, 11) is 0.